The minimum absolute atomic E-state index is 0.903. The Labute approximate surface area is 172 Å². The first kappa shape index (κ1) is 23.0. The fourth-order valence-corrected chi connectivity index (χ4v) is 106. The summed E-state index contributed by atoms with van der Waals surface area (Å²) in [5.41, 5.74) is 9.55. The largest absolute Gasteiger partial charge is 0.399 e. The maximum atomic E-state index is 6.04. The number of nitrogen functional groups attached to an aromatic ring is 1. The van der Waals surface area contributed by atoms with Crippen LogP contribution in [-0.2, 0) is 0 Å². The van der Waals surface area contributed by atoms with Crippen molar-refractivity contribution in [2.45, 2.75) is 78.3 Å². The molecule has 0 saturated carbocycles. The van der Waals surface area contributed by atoms with Gasteiger partial charge < -0.3 is 10.6 Å². The van der Waals surface area contributed by atoms with Crippen molar-refractivity contribution in [1.29, 1.82) is 0 Å². The number of benzene rings is 1. The summed E-state index contributed by atoms with van der Waals surface area (Å²) in [6, 6.07) is 8.21. The van der Waals surface area contributed by atoms with Gasteiger partial charge >= 0.3 is 0 Å². The van der Waals surface area contributed by atoms with Crippen molar-refractivity contribution in [3.05, 3.63) is 23.8 Å². The molecule has 1 aromatic carbocycles. The molecule has 1 aliphatic rings. The van der Waals surface area contributed by atoms with E-state index in [1.165, 1.54) is 30.8 Å². The smallest absolute Gasteiger partial charge is 0.0377 e. The molecule has 2 N–H and O–H groups in total. The lowest BCUT2D eigenvalue weighted by Gasteiger charge is -2.58. The molecule has 1 saturated heterocycles. The van der Waals surface area contributed by atoms with E-state index in [0.717, 1.165) is 11.6 Å². The zero-order chi connectivity index (χ0) is 20.8. The highest BCUT2D eigenvalue weighted by molar-refractivity contribution is 7.89. The van der Waals surface area contributed by atoms with E-state index in [1.807, 2.05) is 0 Å². The van der Waals surface area contributed by atoms with Crippen LogP contribution in [0, 0.1) is 12.8 Å². The van der Waals surface area contributed by atoms with E-state index in [9.17, 15) is 0 Å². The predicted octanol–water partition coefficient (Wildman–Crippen LogP) is 6.10. The second-order valence-corrected chi connectivity index (χ2v) is 53.4. The molecule has 0 aromatic heterocycles. The molecule has 1 aromatic rings. The summed E-state index contributed by atoms with van der Waals surface area (Å²) >= 11 is 0. The highest BCUT2D eigenvalue weighted by Gasteiger charge is 2.61. The number of nitrogens with two attached hydrogens (primary N) is 1. The molecular weight excluding hydrogens is 393 g/mol. The van der Waals surface area contributed by atoms with Crippen LogP contribution in [0.1, 0.15) is 12.0 Å². The van der Waals surface area contributed by atoms with Gasteiger partial charge in [-0.1, -0.05) is 65.0 Å². The van der Waals surface area contributed by atoms with Gasteiger partial charge in [0.1, 0.15) is 0 Å². The third-order valence-electron chi connectivity index (χ3n) is 7.34. The lowest BCUT2D eigenvalue weighted by Crippen LogP contribution is -2.83. The van der Waals surface area contributed by atoms with Crippen molar-refractivity contribution in [2.24, 2.45) is 5.92 Å². The normalized spacial score (nSPS) is 19.6. The molecule has 27 heavy (non-hydrogen) atoms. The summed E-state index contributed by atoms with van der Waals surface area (Å²) in [6.45, 7) is 27.9. The maximum Gasteiger partial charge on any atom is 0.0377 e. The van der Waals surface area contributed by atoms with Gasteiger partial charge in [0.25, 0.3) is 0 Å². The van der Waals surface area contributed by atoms with Crippen LogP contribution in [-0.4, -0.2) is 42.5 Å². The van der Waals surface area contributed by atoms with Gasteiger partial charge in [-0.2, -0.15) is 0 Å². The first-order valence-electron chi connectivity index (χ1n) is 10.7. The Morgan fingerprint density at radius 2 is 1.44 bits per heavy atom. The summed E-state index contributed by atoms with van der Waals surface area (Å²) in [5.74, 6) is 0.903. The SMILES string of the molecule is Cc1cc(N2CCC(C[Si]([Si](C)(C)C)([Si](C)(C)C)[Si](C)(C)C)C2)ccc1N. The number of hydrogen-bond acceptors (Lipinski definition) is 2. The van der Waals surface area contributed by atoms with Crippen LogP contribution >= 0.6 is 0 Å². The van der Waals surface area contributed by atoms with Gasteiger partial charge in [-0.25, -0.2) is 0 Å². The Hall–Kier alpha value is -0.312. The zero-order valence-corrected chi connectivity index (χ0v) is 23.7. The van der Waals surface area contributed by atoms with Crippen LogP contribution in [0.3, 0.4) is 0 Å². The Kier molecular flexibility index (Phi) is 6.38. The Morgan fingerprint density at radius 1 is 0.926 bits per heavy atom. The van der Waals surface area contributed by atoms with E-state index in [0.29, 0.717) is 0 Å². The fourth-order valence-electron chi connectivity index (χ4n) is 6.82. The van der Waals surface area contributed by atoms with Gasteiger partial charge in [-0.3, -0.25) is 0 Å². The highest BCUT2D eigenvalue weighted by Crippen LogP contribution is 2.44. The van der Waals surface area contributed by atoms with E-state index < -0.39 is 29.4 Å². The van der Waals surface area contributed by atoms with Crippen LogP contribution in [0.15, 0.2) is 18.2 Å². The molecule has 1 aliphatic heterocycles. The Morgan fingerprint density at radius 3 is 1.89 bits per heavy atom. The van der Waals surface area contributed by atoms with Crippen molar-refractivity contribution in [2.75, 3.05) is 23.7 Å². The molecule has 154 valence electrons. The summed E-state index contributed by atoms with van der Waals surface area (Å²) in [7, 11) is -3.50. The maximum absolute atomic E-state index is 6.04. The van der Waals surface area contributed by atoms with E-state index in [2.05, 4.69) is 88.9 Å². The standard InChI is InChI=1S/C21H44N2Si4/c1-18-15-20(11-12-21(18)22)23-14-13-19(16-23)17-27(24(2,3)4,25(5,6)7)26(8,9)10/h11-12,15,19H,13-14,16-17,22H2,1-10H3. The number of rotatable bonds is 6. The summed E-state index contributed by atoms with van der Waals surface area (Å²) < 4.78 is 0. The first-order valence-corrected chi connectivity index (χ1v) is 26.4. The molecule has 6 heteroatoms. The summed E-state index contributed by atoms with van der Waals surface area (Å²) in [4.78, 5) is 2.63. The summed E-state index contributed by atoms with van der Waals surface area (Å²) in [6.07, 6.45) is 1.39. The van der Waals surface area contributed by atoms with Crippen LogP contribution in [0.2, 0.25) is 65.0 Å². The van der Waals surface area contributed by atoms with Crippen LogP contribution in [0.5, 0.6) is 0 Å². The Balaban J connectivity index is 2.31. The average Bonchev–Trinajstić information content (AvgIpc) is 2.92. The summed E-state index contributed by atoms with van der Waals surface area (Å²) in [5, 5.41) is 0. The molecule has 0 aliphatic carbocycles. The first-order chi connectivity index (χ1) is 12.1. The molecule has 1 fully saturated rings. The van der Waals surface area contributed by atoms with Gasteiger partial charge in [0.2, 0.25) is 0 Å². The second kappa shape index (κ2) is 7.50. The molecular formula is C21H44N2Si4. The molecule has 1 atom stereocenters. The monoisotopic (exact) mass is 436 g/mol. The van der Waals surface area contributed by atoms with E-state index in [-0.39, 0.29) is 0 Å². The lowest BCUT2D eigenvalue weighted by atomic mass is 10.1. The van der Waals surface area contributed by atoms with Crippen LogP contribution in [0.4, 0.5) is 11.4 Å². The third-order valence-corrected chi connectivity index (χ3v) is 81.6. The Bertz CT molecular complexity index is 632. The molecule has 2 nitrogen and oxygen atoms in total. The van der Waals surface area contributed by atoms with Gasteiger partial charge in [0.05, 0.1) is 0 Å². The number of nitrogens with zero attached hydrogens (tertiary/aromatic N) is 1. The lowest BCUT2D eigenvalue weighted by molar-refractivity contribution is 0.653. The third kappa shape index (κ3) is 4.33. The van der Waals surface area contributed by atoms with Gasteiger partial charge in [0.15, 0.2) is 0 Å². The molecule has 1 heterocycles. The number of hydrogen-bond donors (Lipinski definition) is 1. The molecule has 0 radical (unpaired) electrons. The van der Waals surface area contributed by atoms with Crippen molar-refractivity contribution >= 4 is 40.8 Å². The van der Waals surface area contributed by atoms with Gasteiger partial charge in [-0.15, -0.1) is 0 Å². The van der Waals surface area contributed by atoms with Crippen molar-refractivity contribution in [3.8, 4) is 0 Å². The molecule has 0 bridgehead atoms. The van der Waals surface area contributed by atoms with Crippen molar-refractivity contribution < 1.29 is 0 Å². The zero-order valence-electron chi connectivity index (χ0n) is 19.7. The molecule has 2 rings (SSSR count). The van der Waals surface area contributed by atoms with E-state index >= 15 is 0 Å². The number of aryl methyl sites for hydroxylation is 1. The molecule has 0 spiro atoms. The molecule has 0 amide bonds. The van der Waals surface area contributed by atoms with E-state index in [1.54, 1.807) is 6.04 Å². The fraction of sp³-hybridized carbons (Fsp3) is 0.714. The highest BCUT2D eigenvalue weighted by atomic mass is 29.9. The van der Waals surface area contributed by atoms with E-state index in [4.69, 9.17) is 5.73 Å². The minimum Gasteiger partial charge on any atom is -0.399 e. The second-order valence-electron chi connectivity index (χ2n) is 12.0. The minimum atomic E-state index is -1.25. The van der Waals surface area contributed by atoms with Gasteiger partial charge in [0, 0.05) is 53.9 Å². The topological polar surface area (TPSA) is 29.3 Å². The van der Waals surface area contributed by atoms with Crippen LogP contribution in [0.25, 0.3) is 0 Å². The van der Waals surface area contributed by atoms with Crippen LogP contribution < -0.4 is 10.6 Å². The molecule has 1 unspecified atom stereocenters. The predicted molar refractivity (Wildman–Crippen MR) is 137 cm³/mol. The quantitative estimate of drug-likeness (QED) is 0.431. The average molecular weight is 437 g/mol. The van der Waals surface area contributed by atoms with Gasteiger partial charge in [-0.05, 0) is 43.0 Å². The number of anilines is 2. The van der Waals surface area contributed by atoms with Crippen molar-refractivity contribution in [3.63, 3.8) is 0 Å². The van der Waals surface area contributed by atoms with Crippen molar-refractivity contribution in [1.82, 2.24) is 0 Å².